The first-order valence-electron chi connectivity index (χ1n) is 10.1. The first-order chi connectivity index (χ1) is 13.6. The fourth-order valence-electron chi connectivity index (χ4n) is 4.22. The number of aromatic nitrogens is 3. The third-order valence-corrected chi connectivity index (χ3v) is 5.84. The van der Waals surface area contributed by atoms with Gasteiger partial charge in [0.2, 0.25) is 11.8 Å². The number of fused-ring (bicyclic) bond motifs is 1. The van der Waals surface area contributed by atoms with Crippen LogP contribution in [0.1, 0.15) is 49.3 Å². The molecule has 7 nitrogen and oxygen atoms in total. The minimum absolute atomic E-state index is 0.123. The average Bonchev–Trinajstić information content (AvgIpc) is 3.16. The molecule has 1 aromatic carbocycles. The third kappa shape index (κ3) is 3.93. The van der Waals surface area contributed by atoms with E-state index in [1.165, 1.54) is 5.56 Å². The normalized spacial score (nSPS) is 19.4. The van der Waals surface area contributed by atoms with Crippen LogP contribution in [0.5, 0.6) is 0 Å². The molecule has 2 amide bonds. The summed E-state index contributed by atoms with van der Waals surface area (Å²) in [5, 5.41) is 8.81. The zero-order valence-electron chi connectivity index (χ0n) is 16.4. The van der Waals surface area contributed by atoms with Gasteiger partial charge in [-0.25, -0.2) is 0 Å². The van der Waals surface area contributed by atoms with Crippen LogP contribution in [0, 0.1) is 0 Å². The summed E-state index contributed by atoms with van der Waals surface area (Å²) in [5.41, 5.74) is 1.19. The molecule has 28 heavy (non-hydrogen) atoms. The quantitative estimate of drug-likeness (QED) is 0.812. The lowest BCUT2D eigenvalue weighted by molar-refractivity contribution is -0.133. The van der Waals surface area contributed by atoms with Gasteiger partial charge in [-0.1, -0.05) is 30.3 Å². The van der Waals surface area contributed by atoms with E-state index >= 15 is 0 Å². The lowest BCUT2D eigenvalue weighted by atomic mass is 9.97. The van der Waals surface area contributed by atoms with E-state index in [0.717, 1.165) is 44.0 Å². The number of likely N-dealkylation sites (tertiary alicyclic amines) is 1. The number of carbonyl (C=O) groups is 2. The van der Waals surface area contributed by atoms with Gasteiger partial charge in [-0.3, -0.25) is 9.59 Å². The molecule has 148 valence electrons. The average molecular weight is 381 g/mol. The highest BCUT2D eigenvalue weighted by molar-refractivity contribution is 5.76. The maximum absolute atomic E-state index is 12.6. The largest absolute Gasteiger partial charge is 0.342 e. The van der Waals surface area contributed by atoms with E-state index in [-0.39, 0.29) is 17.7 Å². The fraction of sp³-hybridized carbons (Fsp3) is 0.524. The van der Waals surface area contributed by atoms with Crippen LogP contribution in [-0.2, 0) is 29.1 Å². The van der Waals surface area contributed by atoms with Gasteiger partial charge >= 0.3 is 0 Å². The summed E-state index contributed by atoms with van der Waals surface area (Å²) in [6.07, 6.45) is 3.30. The highest BCUT2D eigenvalue weighted by atomic mass is 16.2. The zero-order valence-corrected chi connectivity index (χ0v) is 16.4. The van der Waals surface area contributed by atoms with E-state index in [4.69, 9.17) is 0 Å². The second kappa shape index (κ2) is 8.12. The van der Waals surface area contributed by atoms with Crippen molar-refractivity contribution in [2.75, 3.05) is 19.6 Å². The number of piperidine rings is 1. The van der Waals surface area contributed by atoms with Gasteiger partial charge in [0.15, 0.2) is 5.82 Å². The number of rotatable bonds is 4. The van der Waals surface area contributed by atoms with Gasteiger partial charge in [-0.05, 0) is 24.8 Å². The van der Waals surface area contributed by atoms with Crippen molar-refractivity contribution in [1.82, 2.24) is 24.6 Å². The van der Waals surface area contributed by atoms with E-state index in [2.05, 4.69) is 26.9 Å². The van der Waals surface area contributed by atoms with Crippen molar-refractivity contribution in [2.45, 2.75) is 51.6 Å². The van der Waals surface area contributed by atoms with Crippen LogP contribution in [-0.4, -0.2) is 56.0 Å². The highest BCUT2D eigenvalue weighted by Crippen LogP contribution is 2.27. The molecule has 7 heteroatoms. The Balaban J connectivity index is 1.38. The molecule has 1 saturated heterocycles. The van der Waals surface area contributed by atoms with Crippen molar-refractivity contribution in [1.29, 1.82) is 0 Å². The Morgan fingerprint density at radius 3 is 2.68 bits per heavy atom. The van der Waals surface area contributed by atoms with Crippen LogP contribution >= 0.6 is 0 Å². The maximum Gasteiger partial charge on any atom is 0.223 e. The standard InChI is InChI=1S/C21H27N5O2/c1-16(27)24-11-5-8-18(14-24)21-23-22-19-15-25(12-13-26(19)21)20(28)10-9-17-6-3-2-4-7-17/h2-4,6-7,18H,5,8-15H2,1H3/t18-/m0/s1. The SMILES string of the molecule is CC(=O)N1CCC[C@H](c2nnc3n2CCN(C(=O)CCc2ccccc2)C3)C1. The molecule has 3 heterocycles. The van der Waals surface area contributed by atoms with Crippen molar-refractivity contribution >= 4 is 11.8 Å². The first-order valence-corrected chi connectivity index (χ1v) is 10.1. The Labute approximate surface area is 165 Å². The Kier molecular flexibility index (Phi) is 5.41. The molecule has 2 aromatic rings. The van der Waals surface area contributed by atoms with Crippen LogP contribution in [0.2, 0.25) is 0 Å². The molecule has 2 aliphatic heterocycles. The summed E-state index contributed by atoms with van der Waals surface area (Å²) in [4.78, 5) is 28.1. The Hall–Kier alpha value is -2.70. The van der Waals surface area contributed by atoms with E-state index in [0.29, 0.717) is 26.1 Å². The molecule has 2 aliphatic rings. The zero-order chi connectivity index (χ0) is 19.5. The van der Waals surface area contributed by atoms with E-state index in [1.807, 2.05) is 28.0 Å². The molecule has 1 aromatic heterocycles. The highest BCUT2D eigenvalue weighted by Gasteiger charge is 2.30. The number of amides is 2. The molecule has 0 radical (unpaired) electrons. The minimum Gasteiger partial charge on any atom is -0.342 e. The molecule has 0 N–H and O–H groups in total. The maximum atomic E-state index is 12.6. The van der Waals surface area contributed by atoms with Crippen LogP contribution in [0.4, 0.5) is 0 Å². The molecule has 0 unspecified atom stereocenters. The van der Waals surface area contributed by atoms with Crippen LogP contribution in [0.3, 0.4) is 0 Å². The summed E-state index contributed by atoms with van der Waals surface area (Å²) >= 11 is 0. The van der Waals surface area contributed by atoms with Gasteiger partial charge in [0.25, 0.3) is 0 Å². The number of hydrogen-bond acceptors (Lipinski definition) is 4. The number of benzene rings is 1. The van der Waals surface area contributed by atoms with Crippen LogP contribution in [0.25, 0.3) is 0 Å². The summed E-state index contributed by atoms with van der Waals surface area (Å²) in [6.45, 7) is 5.11. The number of nitrogens with zero attached hydrogens (tertiary/aromatic N) is 5. The minimum atomic E-state index is 0.123. The number of hydrogen-bond donors (Lipinski definition) is 0. The lowest BCUT2D eigenvalue weighted by Gasteiger charge is -2.33. The smallest absolute Gasteiger partial charge is 0.223 e. The number of carbonyl (C=O) groups excluding carboxylic acids is 2. The monoisotopic (exact) mass is 381 g/mol. The Morgan fingerprint density at radius 2 is 1.89 bits per heavy atom. The Morgan fingerprint density at radius 1 is 1.07 bits per heavy atom. The van der Waals surface area contributed by atoms with Crippen molar-refractivity contribution < 1.29 is 9.59 Å². The fourth-order valence-corrected chi connectivity index (χ4v) is 4.22. The second-order valence-corrected chi connectivity index (χ2v) is 7.73. The van der Waals surface area contributed by atoms with E-state index in [1.54, 1.807) is 6.92 Å². The predicted octanol–water partition coefficient (Wildman–Crippen LogP) is 1.98. The molecule has 1 atom stereocenters. The van der Waals surface area contributed by atoms with Crippen molar-refractivity contribution in [3.63, 3.8) is 0 Å². The molecular formula is C21H27N5O2. The van der Waals surface area contributed by atoms with Gasteiger partial charge in [-0.15, -0.1) is 10.2 Å². The molecule has 0 saturated carbocycles. The molecule has 1 fully saturated rings. The van der Waals surface area contributed by atoms with E-state index < -0.39 is 0 Å². The first kappa shape index (κ1) is 18.7. The molecule has 0 spiro atoms. The van der Waals surface area contributed by atoms with E-state index in [9.17, 15) is 9.59 Å². The predicted molar refractivity (Wildman–Crippen MR) is 104 cm³/mol. The summed E-state index contributed by atoms with van der Waals surface area (Å²) < 4.78 is 2.16. The van der Waals surface area contributed by atoms with Crippen molar-refractivity contribution in [3.05, 3.63) is 47.5 Å². The molecule has 0 bridgehead atoms. The van der Waals surface area contributed by atoms with Gasteiger partial charge in [0.1, 0.15) is 5.82 Å². The molecule has 0 aliphatic carbocycles. The Bertz CT molecular complexity index is 848. The van der Waals surface area contributed by atoms with Crippen LogP contribution < -0.4 is 0 Å². The van der Waals surface area contributed by atoms with Gasteiger partial charge in [0, 0.05) is 45.4 Å². The van der Waals surface area contributed by atoms with Gasteiger partial charge in [-0.2, -0.15) is 0 Å². The summed E-state index contributed by atoms with van der Waals surface area (Å²) in [5.74, 6) is 2.35. The summed E-state index contributed by atoms with van der Waals surface area (Å²) in [7, 11) is 0. The van der Waals surface area contributed by atoms with Crippen molar-refractivity contribution in [3.8, 4) is 0 Å². The second-order valence-electron chi connectivity index (χ2n) is 7.73. The third-order valence-electron chi connectivity index (χ3n) is 5.84. The number of aryl methyl sites for hydroxylation is 1. The lowest BCUT2D eigenvalue weighted by Crippen LogP contribution is -2.41. The van der Waals surface area contributed by atoms with Gasteiger partial charge in [0.05, 0.1) is 6.54 Å². The topological polar surface area (TPSA) is 71.3 Å². The molecule has 4 rings (SSSR count). The molecular weight excluding hydrogens is 354 g/mol. The van der Waals surface area contributed by atoms with Crippen LogP contribution in [0.15, 0.2) is 30.3 Å². The van der Waals surface area contributed by atoms with Crippen molar-refractivity contribution in [2.24, 2.45) is 0 Å². The van der Waals surface area contributed by atoms with Gasteiger partial charge < -0.3 is 14.4 Å². The summed E-state index contributed by atoms with van der Waals surface area (Å²) in [6, 6.07) is 10.1.